The fourth-order valence-electron chi connectivity index (χ4n) is 2.89. The van der Waals surface area contributed by atoms with E-state index in [-0.39, 0.29) is 30.3 Å². The second kappa shape index (κ2) is 8.05. The molecule has 2 aromatic rings. The van der Waals surface area contributed by atoms with Crippen molar-refractivity contribution in [2.24, 2.45) is 0 Å². The van der Waals surface area contributed by atoms with Crippen LogP contribution in [-0.4, -0.2) is 38.5 Å². The first kappa shape index (κ1) is 21.2. The van der Waals surface area contributed by atoms with E-state index in [0.29, 0.717) is 12.2 Å². The molecule has 158 valence electrons. The summed E-state index contributed by atoms with van der Waals surface area (Å²) < 4.78 is 46.6. The number of ether oxygens (including phenoxy) is 1. The Balaban J connectivity index is 1.74. The minimum Gasteiger partial charge on any atom is -0.464 e. The normalized spacial score (nSPS) is 14.1. The number of alkyl halides is 3. The maximum Gasteiger partial charge on any atom is 0.436 e. The molecule has 0 spiro atoms. The number of hydrogen-bond donors (Lipinski definition) is 1. The first-order valence-electron chi connectivity index (χ1n) is 8.94. The first-order chi connectivity index (χ1) is 13.7. The number of nitrogens with one attached hydrogen (secondary N) is 1. The van der Waals surface area contributed by atoms with Gasteiger partial charge < -0.3 is 10.1 Å². The molecular weight excluding hydrogens is 415 g/mol. The van der Waals surface area contributed by atoms with Gasteiger partial charge in [0.15, 0.2) is 11.4 Å². The Kier molecular flexibility index (Phi) is 5.87. The van der Waals surface area contributed by atoms with Gasteiger partial charge in [-0.3, -0.25) is 14.2 Å². The molecule has 1 fully saturated rings. The van der Waals surface area contributed by atoms with Crippen LogP contribution in [0.25, 0.3) is 0 Å². The average molecular weight is 434 g/mol. The Bertz CT molecular complexity index is 934. The van der Waals surface area contributed by atoms with Gasteiger partial charge in [0.2, 0.25) is 5.91 Å². The lowest BCUT2D eigenvalue weighted by Crippen LogP contribution is -2.18. The number of hydrogen-bond acceptors (Lipinski definition) is 5. The molecule has 0 aromatic carbocycles. The summed E-state index contributed by atoms with van der Waals surface area (Å²) in [5.41, 5.74) is -0.719. The van der Waals surface area contributed by atoms with E-state index < -0.39 is 28.8 Å². The third-order valence-electron chi connectivity index (χ3n) is 4.45. The number of carbonyl (C=O) groups excluding carboxylic acids is 2. The highest BCUT2D eigenvalue weighted by molar-refractivity contribution is 6.32. The lowest BCUT2D eigenvalue weighted by atomic mass is 10.2. The highest BCUT2D eigenvalue weighted by Crippen LogP contribution is 2.46. The maximum absolute atomic E-state index is 13.1. The van der Waals surface area contributed by atoms with Crippen LogP contribution in [0.4, 0.5) is 18.9 Å². The van der Waals surface area contributed by atoms with E-state index in [4.69, 9.17) is 11.6 Å². The van der Waals surface area contributed by atoms with Crippen molar-refractivity contribution in [3.8, 4) is 0 Å². The molecule has 1 aliphatic carbocycles. The van der Waals surface area contributed by atoms with E-state index in [0.717, 1.165) is 17.5 Å². The molecule has 2 heterocycles. The molecule has 2 aromatic heterocycles. The average Bonchev–Trinajstić information content (AvgIpc) is 3.32. The number of methoxy groups -OCH3 is 1. The summed E-state index contributed by atoms with van der Waals surface area (Å²) >= 11 is 5.92. The largest absolute Gasteiger partial charge is 0.464 e. The van der Waals surface area contributed by atoms with Crippen LogP contribution in [0.15, 0.2) is 6.20 Å². The summed E-state index contributed by atoms with van der Waals surface area (Å²) in [5, 5.41) is 9.75. The van der Waals surface area contributed by atoms with E-state index in [1.807, 2.05) is 0 Å². The van der Waals surface area contributed by atoms with Crippen molar-refractivity contribution in [1.82, 2.24) is 19.6 Å². The van der Waals surface area contributed by atoms with Gasteiger partial charge in [0.1, 0.15) is 0 Å². The van der Waals surface area contributed by atoms with Crippen molar-refractivity contribution >= 4 is 29.2 Å². The zero-order valence-corrected chi connectivity index (χ0v) is 16.5. The van der Waals surface area contributed by atoms with Crippen molar-refractivity contribution in [1.29, 1.82) is 0 Å². The number of amides is 1. The fourth-order valence-corrected chi connectivity index (χ4v) is 3.29. The van der Waals surface area contributed by atoms with Gasteiger partial charge in [-0.15, -0.1) is 0 Å². The maximum atomic E-state index is 13.1. The molecule has 12 heteroatoms. The molecule has 1 N–H and O–H groups in total. The second-order valence-electron chi connectivity index (χ2n) is 6.58. The van der Waals surface area contributed by atoms with Crippen molar-refractivity contribution in [2.75, 3.05) is 12.4 Å². The summed E-state index contributed by atoms with van der Waals surface area (Å²) in [4.78, 5) is 24.1. The predicted octanol–water partition coefficient (Wildman–Crippen LogP) is 3.46. The number of nitrogens with zero attached hydrogens (tertiary/aromatic N) is 4. The summed E-state index contributed by atoms with van der Waals surface area (Å²) in [6.07, 6.45) is -1.89. The Morgan fingerprint density at radius 2 is 2.03 bits per heavy atom. The van der Waals surface area contributed by atoms with Crippen LogP contribution in [0, 0.1) is 0 Å². The smallest absolute Gasteiger partial charge is 0.436 e. The number of anilines is 1. The highest BCUT2D eigenvalue weighted by atomic mass is 35.5. The van der Waals surface area contributed by atoms with Crippen LogP contribution in [0.3, 0.4) is 0 Å². The van der Waals surface area contributed by atoms with Gasteiger partial charge in [-0.05, 0) is 19.8 Å². The Morgan fingerprint density at radius 1 is 1.34 bits per heavy atom. The molecule has 0 radical (unpaired) electrons. The van der Waals surface area contributed by atoms with Crippen LogP contribution >= 0.6 is 11.6 Å². The Labute approximate surface area is 168 Å². The van der Waals surface area contributed by atoms with Crippen LogP contribution in [0.5, 0.6) is 0 Å². The second-order valence-corrected chi connectivity index (χ2v) is 6.96. The van der Waals surface area contributed by atoms with E-state index in [9.17, 15) is 22.8 Å². The number of aromatic nitrogens is 4. The van der Waals surface area contributed by atoms with Gasteiger partial charge in [-0.2, -0.15) is 23.4 Å². The van der Waals surface area contributed by atoms with Gasteiger partial charge in [0.05, 0.1) is 30.1 Å². The minimum absolute atomic E-state index is 0.0529. The molecule has 1 aliphatic rings. The Morgan fingerprint density at radius 3 is 2.59 bits per heavy atom. The van der Waals surface area contributed by atoms with Crippen molar-refractivity contribution in [3.63, 3.8) is 0 Å². The van der Waals surface area contributed by atoms with Crippen molar-refractivity contribution in [3.05, 3.63) is 28.3 Å². The molecular formula is C17H19ClF3N5O3. The SMILES string of the molecule is CCn1cc(NC(=O)CCn2nc(C(F)(F)F)c(Cl)c2C2CC2)c(C(=O)OC)n1. The fraction of sp³-hybridized carbons (Fsp3) is 0.529. The highest BCUT2D eigenvalue weighted by Gasteiger charge is 2.42. The number of halogens is 4. The van der Waals surface area contributed by atoms with Gasteiger partial charge in [0, 0.05) is 25.1 Å². The number of rotatable bonds is 7. The van der Waals surface area contributed by atoms with Crippen molar-refractivity contribution < 1.29 is 27.5 Å². The zero-order chi connectivity index (χ0) is 21.3. The molecule has 1 amide bonds. The molecule has 0 unspecified atom stereocenters. The van der Waals surface area contributed by atoms with E-state index in [1.54, 1.807) is 6.92 Å². The molecule has 8 nitrogen and oxygen atoms in total. The molecule has 0 aliphatic heterocycles. The summed E-state index contributed by atoms with van der Waals surface area (Å²) in [7, 11) is 1.19. The van der Waals surface area contributed by atoms with E-state index in [2.05, 4.69) is 20.3 Å². The first-order valence-corrected chi connectivity index (χ1v) is 9.32. The number of carbonyl (C=O) groups is 2. The molecule has 3 rings (SSSR count). The topological polar surface area (TPSA) is 91.0 Å². The molecule has 1 saturated carbocycles. The van der Waals surface area contributed by atoms with Crippen LogP contribution in [0.2, 0.25) is 5.02 Å². The van der Waals surface area contributed by atoms with E-state index >= 15 is 0 Å². The molecule has 0 saturated heterocycles. The van der Waals surface area contributed by atoms with Gasteiger partial charge in [-0.25, -0.2) is 4.79 Å². The van der Waals surface area contributed by atoms with Crippen LogP contribution in [-0.2, 0) is 28.8 Å². The lowest BCUT2D eigenvalue weighted by Gasteiger charge is -2.08. The van der Waals surface area contributed by atoms with Crippen molar-refractivity contribution in [2.45, 2.75) is 51.4 Å². The number of esters is 1. The molecule has 0 bridgehead atoms. The minimum atomic E-state index is -4.67. The summed E-state index contributed by atoms with van der Waals surface area (Å²) in [6, 6.07) is 0. The third kappa shape index (κ3) is 4.55. The Hall–Kier alpha value is -2.56. The standard InChI is InChI=1S/C17H19ClF3N5O3/c1-3-25-8-10(13(23-25)16(28)29-2)22-11(27)6-7-26-14(9-4-5-9)12(18)15(24-26)17(19,20)21/h8-9H,3-7H2,1-2H3,(H,22,27). The van der Waals surface area contributed by atoms with Gasteiger partial charge in [0.25, 0.3) is 0 Å². The lowest BCUT2D eigenvalue weighted by molar-refractivity contribution is -0.141. The van der Waals surface area contributed by atoms with Crippen LogP contribution in [0.1, 0.15) is 54.0 Å². The zero-order valence-electron chi connectivity index (χ0n) is 15.7. The van der Waals surface area contributed by atoms with Gasteiger partial charge in [-0.1, -0.05) is 11.6 Å². The summed E-state index contributed by atoms with van der Waals surface area (Å²) in [6.45, 7) is 2.19. The monoisotopic (exact) mass is 433 g/mol. The predicted molar refractivity (Wildman–Crippen MR) is 96.7 cm³/mol. The molecule has 29 heavy (non-hydrogen) atoms. The molecule has 0 atom stereocenters. The quantitative estimate of drug-likeness (QED) is 0.675. The third-order valence-corrected chi connectivity index (χ3v) is 4.83. The van der Waals surface area contributed by atoms with E-state index in [1.165, 1.54) is 18.0 Å². The van der Waals surface area contributed by atoms with Gasteiger partial charge >= 0.3 is 12.1 Å². The number of aryl methyl sites for hydroxylation is 2. The summed E-state index contributed by atoms with van der Waals surface area (Å²) in [5.74, 6) is -1.30. The van der Waals surface area contributed by atoms with Crippen LogP contribution < -0.4 is 5.32 Å².